The van der Waals surface area contributed by atoms with Crippen LogP contribution in [0.2, 0.25) is 0 Å². The Hall–Kier alpha value is -3.13. The van der Waals surface area contributed by atoms with Gasteiger partial charge in [-0.05, 0) is 52.0 Å². The zero-order valence-electron chi connectivity index (χ0n) is 12.3. The molecule has 0 aliphatic carbocycles. The molecule has 0 saturated carbocycles. The van der Waals surface area contributed by atoms with Crippen LogP contribution in [-0.2, 0) is 4.79 Å². The Labute approximate surface area is 140 Å². The zero-order valence-corrected chi connectivity index (χ0v) is 13.1. The van der Waals surface area contributed by atoms with E-state index in [-0.39, 0.29) is 5.56 Å². The van der Waals surface area contributed by atoms with Crippen LogP contribution in [0, 0.1) is 0 Å². The van der Waals surface area contributed by atoms with E-state index in [0.717, 1.165) is 0 Å². The molecule has 3 rings (SSSR count). The molecular weight excluding hydrogens is 330 g/mol. The van der Waals surface area contributed by atoms with Crippen molar-refractivity contribution in [2.24, 2.45) is 0 Å². The summed E-state index contributed by atoms with van der Waals surface area (Å²) in [5, 5.41) is 18.5. The number of thiophene rings is 1. The van der Waals surface area contributed by atoms with E-state index < -0.39 is 18.0 Å². The molecule has 0 radical (unpaired) electrons. The van der Waals surface area contributed by atoms with Crippen LogP contribution in [0.3, 0.4) is 0 Å². The average Bonchev–Trinajstić information content (AvgIpc) is 3.06. The van der Waals surface area contributed by atoms with Crippen LogP contribution in [0.25, 0.3) is 10.8 Å². The molecule has 0 saturated heterocycles. The molecule has 7 nitrogen and oxygen atoms in total. The molecule has 122 valence electrons. The van der Waals surface area contributed by atoms with Crippen LogP contribution in [-0.4, -0.2) is 22.1 Å². The Morgan fingerprint density at radius 1 is 1.21 bits per heavy atom. The molecule has 24 heavy (non-hydrogen) atoms. The number of aromatic nitrogens is 1. The number of H-pyrrole nitrogens is 1. The monoisotopic (exact) mass is 343 g/mol. The van der Waals surface area contributed by atoms with Crippen LogP contribution < -0.4 is 16.2 Å². The van der Waals surface area contributed by atoms with E-state index in [2.05, 4.69) is 15.6 Å². The maximum absolute atomic E-state index is 12.4. The third-order valence-electron chi connectivity index (χ3n) is 3.45. The molecule has 0 bridgehead atoms. The SMILES string of the molecule is O=C(O)NC(C(=O)Nc1ccc2c(=O)[nH]ccc2c1)c1ccsc1. The largest absolute Gasteiger partial charge is 0.465 e. The molecule has 1 unspecified atom stereocenters. The van der Waals surface area contributed by atoms with Gasteiger partial charge in [0.05, 0.1) is 0 Å². The number of fused-ring (bicyclic) bond motifs is 1. The Morgan fingerprint density at radius 2 is 2.04 bits per heavy atom. The second kappa shape index (κ2) is 6.55. The zero-order chi connectivity index (χ0) is 17.1. The topological polar surface area (TPSA) is 111 Å². The van der Waals surface area contributed by atoms with E-state index in [1.165, 1.54) is 17.5 Å². The number of anilines is 1. The van der Waals surface area contributed by atoms with E-state index in [1.54, 1.807) is 41.1 Å². The highest BCUT2D eigenvalue weighted by Crippen LogP contribution is 2.21. The second-order valence-electron chi connectivity index (χ2n) is 5.04. The van der Waals surface area contributed by atoms with Gasteiger partial charge in [-0.2, -0.15) is 11.3 Å². The minimum atomic E-state index is -1.29. The van der Waals surface area contributed by atoms with Crippen LogP contribution in [0.15, 0.2) is 52.1 Å². The minimum Gasteiger partial charge on any atom is -0.465 e. The summed E-state index contributed by atoms with van der Waals surface area (Å²) in [6, 6.07) is 7.26. The molecule has 1 atom stereocenters. The van der Waals surface area contributed by atoms with Gasteiger partial charge in [-0.25, -0.2) is 4.79 Å². The summed E-state index contributed by atoms with van der Waals surface area (Å²) in [5.41, 5.74) is 0.830. The summed E-state index contributed by atoms with van der Waals surface area (Å²) in [7, 11) is 0. The van der Waals surface area contributed by atoms with Gasteiger partial charge in [-0.1, -0.05) is 0 Å². The van der Waals surface area contributed by atoms with Gasteiger partial charge in [0.1, 0.15) is 6.04 Å². The number of amides is 2. The molecule has 4 N–H and O–H groups in total. The lowest BCUT2D eigenvalue weighted by Crippen LogP contribution is -2.35. The van der Waals surface area contributed by atoms with Crippen LogP contribution in [0.5, 0.6) is 0 Å². The van der Waals surface area contributed by atoms with Gasteiger partial charge >= 0.3 is 6.09 Å². The maximum Gasteiger partial charge on any atom is 0.405 e. The molecule has 2 heterocycles. The Kier molecular flexibility index (Phi) is 4.30. The van der Waals surface area contributed by atoms with Gasteiger partial charge in [0.2, 0.25) is 0 Å². The Balaban J connectivity index is 1.87. The fraction of sp³-hybridized carbons (Fsp3) is 0.0625. The summed E-state index contributed by atoms with van der Waals surface area (Å²) in [6.45, 7) is 0. The maximum atomic E-state index is 12.4. The molecule has 0 fully saturated rings. The van der Waals surface area contributed by atoms with Crippen molar-refractivity contribution >= 4 is 39.8 Å². The minimum absolute atomic E-state index is 0.214. The number of carbonyl (C=O) groups is 2. The van der Waals surface area contributed by atoms with Gasteiger partial charge in [-0.15, -0.1) is 0 Å². The molecule has 2 amide bonds. The van der Waals surface area contributed by atoms with Crippen molar-refractivity contribution in [3.63, 3.8) is 0 Å². The van der Waals surface area contributed by atoms with Crippen molar-refractivity contribution in [3.05, 3.63) is 63.2 Å². The summed E-state index contributed by atoms with van der Waals surface area (Å²) >= 11 is 1.37. The molecule has 8 heteroatoms. The first-order valence-corrected chi connectivity index (χ1v) is 7.93. The predicted molar refractivity (Wildman–Crippen MR) is 91.4 cm³/mol. The van der Waals surface area contributed by atoms with Crippen molar-refractivity contribution in [3.8, 4) is 0 Å². The van der Waals surface area contributed by atoms with Crippen molar-refractivity contribution in [1.29, 1.82) is 0 Å². The van der Waals surface area contributed by atoms with Crippen molar-refractivity contribution in [1.82, 2.24) is 10.3 Å². The number of nitrogens with one attached hydrogen (secondary N) is 3. The highest BCUT2D eigenvalue weighted by molar-refractivity contribution is 7.08. The van der Waals surface area contributed by atoms with E-state index in [1.807, 2.05) is 0 Å². The van der Waals surface area contributed by atoms with Crippen molar-refractivity contribution in [2.75, 3.05) is 5.32 Å². The van der Waals surface area contributed by atoms with E-state index in [0.29, 0.717) is 22.0 Å². The number of rotatable bonds is 4. The van der Waals surface area contributed by atoms with E-state index >= 15 is 0 Å². The van der Waals surface area contributed by atoms with Crippen LogP contribution in [0.4, 0.5) is 10.5 Å². The smallest absolute Gasteiger partial charge is 0.405 e. The second-order valence-corrected chi connectivity index (χ2v) is 5.82. The normalized spacial score (nSPS) is 11.8. The first-order valence-electron chi connectivity index (χ1n) is 6.98. The fourth-order valence-corrected chi connectivity index (χ4v) is 3.03. The number of hydrogen-bond donors (Lipinski definition) is 4. The van der Waals surface area contributed by atoms with Crippen molar-refractivity contribution < 1.29 is 14.7 Å². The summed E-state index contributed by atoms with van der Waals surface area (Å²) in [6.07, 6.45) is 0.238. The lowest BCUT2D eigenvalue weighted by Gasteiger charge is -2.16. The summed E-state index contributed by atoms with van der Waals surface area (Å²) in [5.74, 6) is -0.500. The average molecular weight is 343 g/mol. The molecule has 2 aromatic heterocycles. The Morgan fingerprint density at radius 3 is 2.75 bits per heavy atom. The molecule has 0 aliphatic rings. The lowest BCUT2D eigenvalue weighted by molar-refractivity contribution is -0.118. The number of carbonyl (C=O) groups excluding carboxylic acids is 1. The number of hydrogen-bond acceptors (Lipinski definition) is 4. The number of benzene rings is 1. The molecule has 0 spiro atoms. The summed E-state index contributed by atoms with van der Waals surface area (Å²) < 4.78 is 0. The first kappa shape index (κ1) is 15.8. The van der Waals surface area contributed by atoms with Crippen LogP contribution >= 0.6 is 11.3 Å². The van der Waals surface area contributed by atoms with Gasteiger partial charge < -0.3 is 20.7 Å². The van der Waals surface area contributed by atoms with E-state index in [4.69, 9.17) is 5.11 Å². The van der Waals surface area contributed by atoms with Gasteiger partial charge in [0, 0.05) is 17.3 Å². The van der Waals surface area contributed by atoms with Crippen molar-refractivity contribution in [2.45, 2.75) is 6.04 Å². The molecule has 0 aliphatic heterocycles. The predicted octanol–water partition coefficient (Wildman–Crippen LogP) is 2.54. The van der Waals surface area contributed by atoms with Gasteiger partial charge in [-0.3, -0.25) is 9.59 Å². The number of carboxylic acid groups (broad SMARTS) is 1. The third kappa shape index (κ3) is 3.28. The third-order valence-corrected chi connectivity index (χ3v) is 4.15. The molecule has 3 aromatic rings. The van der Waals surface area contributed by atoms with E-state index in [9.17, 15) is 14.4 Å². The standard InChI is InChI=1S/C16H13N3O4S/c20-14-12-2-1-11(7-9(12)3-5-17-14)18-15(21)13(19-16(22)23)10-4-6-24-8-10/h1-8,13,19H,(H,17,20)(H,18,21)(H,22,23). The number of pyridine rings is 1. The highest BCUT2D eigenvalue weighted by Gasteiger charge is 2.23. The first-order chi connectivity index (χ1) is 11.5. The molecule has 1 aromatic carbocycles. The highest BCUT2D eigenvalue weighted by atomic mass is 32.1. The quantitative estimate of drug-likeness (QED) is 0.583. The van der Waals surface area contributed by atoms with Gasteiger partial charge in [0.15, 0.2) is 0 Å². The van der Waals surface area contributed by atoms with Crippen LogP contribution in [0.1, 0.15) is 11.6 Å². The number of aromatic amines is 1. The fourth-order valence-electron chi connectivity index (χ4n) is 2.35. The van der Waals surface area contributed by atoms with Gasteiger partial charge in [0.25, 0.3) is 11.5 Å². The molecular formula is C16H13N3O4S. The Bertz CT molecular complexity index is 949. The lowest BCUT2D eigenvalue weighted by atomic mass is 10.1. The summed E-state index contributed by atoms with van der Waals surface area (Å²) in [4.78, 5) is 37.7.